The molecule has 7 nitrogen and oxygen atoms in total. The maximum absolute atomic E-state index is 12.9. The van der Waals surface area contributed by atoms with Crippen molar-refractivity contribution in [2.75, 3.05) is 24.2 Å². The summed E-state index contributed by atoms with van der Waals surface area (Å²) >= 11 is 0. The van der Waals surface area contributed by atoms with Gasteiger partial charge in [0.1, 0.15) is 12.4 Å². The summed E-state index contributed by atoms with van der Waals surface area (Å²) in [6.07, 6.45) is 2.25. The topological polar surface area (TPSA) is 99.5 Å². The number of rotatable bonds is 9. The molecule has 32 heavy (non-hydrogen) atoms. The lowest BCUT2D eigenvalue weighted by Gasteiger charge is -2.31. The molecular weight excluding hydrogens is 426 g/mol. The molecule has 0 radical (unpaired) electrons. The average Bonchev–Trinajstić information content (AvgIpc) is 2.80. The number of sulfonamides is 1. The maximum atomic E-state index is 12.9. The molecule has 3 rings (SSSR count). The van der Waals surface area contributed by atoms with Crippen molar-refractivity contribution in [2.45, 2.75) is 39.2 Å². The second-order valence-corrected chi connectivity index (χ2v) is 10.0. The molecule has 0 bridgehead atoms. The largest absolute Gasteiger partial charge is 0.489 e. The zero-order valence-corrected chi connectivity index (χ0v) is 19.1. The van der Waals surface area contributed by atoms with Gasteiger partial charge in [-0.25, -0.2) is 12.7 Å². The lowest BCUT2D eigenvalue weighted by Crippen LogP contribution is -2.44. The summed E-state index contributed by atoms with van der Waals surface area (Å²) < 4.78 is 32.1. The van der Waals surface area contributed by atoms with E-state index >= 15 is 0 Å². The van der Waals surface area contributed by atoms with E-state index < -0.39 is 10.0 Å². The van der Waals surface area contributed by atoms with E-state index in [2.05, 4.69) is 11.4 Å². The third-order valence-corrected chi connectivity index (χ3v) is 7.53. The summed E-state index contributed by atoms with van der Waals surface area (Å²) in [5.41, 5.74) is 2.41. The second kappa shape index (κ2) is 11.1. The number of nitrogens with one attached hydrogen (secondary N) is 1. The first-order valence-corrected chi connectivity index (χ1v) is 12.5. The van der Waals surface area contributed by atoms with E-state index in [9.17, 15) is 13.2 Å². The highest BCUT2D eigenvalue weighted by molar-refractivity contribution is 7.89. The van der Waals surface area contributed by atoms with Gasteiger partial charge < -0.3 is 10.1 Å². The highest BCUT2D eigenvalue weighted by atomic mass is 32.2. The van der Waals surface area contributed by atoms with E-state index in [1.807, 2.05) is 55.5 Å². The molecule has 170 valence electrons. The van der Waals surface area contributed by atoms with Crippen LogP contribution >= 0.6 is 0 Å². The first-order chi connectivity index (χ1) is 15.4. The molecule has 0 spiro atoms. The Morgan fingerprint density at radius 1 is 1.22 bits per heavy atom. The Balaban J connectivity index is 1.62. The fraction of sp³-hybridized carbons (Fsp3) is 0.417. The van der Waals surface area contributed by atoms with Gasteiger partial charge in [0, 0.05) is 24.3 Å². The predicted octanol–water partition coefficient (Wildman–Crippen LogP) is 3.72. The lowest BCUT2D eigenvalue weighted by molar-refractivity contribution is -0.120. The van der Waals surface area contributed by atoms with Gasteiger partial charge in [-0.15, -0.1) is 0 Å². The number of ether oxygens (including phenoxy) is 1. The Labute approximate surface area is 190 Å². The van der Waals surface area contributed by atoms with Crippen LogP contribution in [0.3, 0.4) is 0 Å². The predicted molar refractivity (Wildman–Crippen MR) is 124 cm³/mol. The maximum Gasteiger partial charge on any atom is 0.228 e. The summed E-state index contributed by atoms with van der Waals surface area (Å²) in [4.78, 5) is 12.9. The monoisotopic (exact) mass is 455 g/mol. The van der Waals surface area contributed by atoms with Crippen molar-refractivity contribution in [1.29, 1.82) is 5.26 Å². The Bertz CT molecular complexity index is 1060. The van der Waals surface area contributed by atoms with Crippen LogP contribution in [0, 0.1) is 17.2 Å². The molecule has 1 aliphatic heterocycles. The molecular formula is C24H29N3O4S. The van der Waals surface area contributed by atoms with Gasteiger partial charge >= 0.3 is 0 Å². The Morgan fingerprint density at radius 2 is 1.97 bits per heavy atom. The minimum absolute atomic E-state index is 0.110. The lowest BCUT2D eigenvalue weighted by atomic mass is 9.98. The van der Waals surface area contributed by atoms with Crippen LogP contribution in [0.1, 0.15) is 37.3 Å². The highest BCUT2D eigenvalue weighted by Gasteiger charge is 2.32. The van der Waals surface area contributed by atoms with Gasteiger partial charge in [0.05, 0.1) is 24.2 Å². The van der Waals surface area contributed by atoms with Crippen molar-refractivity contribution in [2.24, 2.45) is 5.92 Å². The number of hydrogen-bond donors (Lipinski definition) is 1. The molecule has 1 heterocycles. The molecule has 1 aliphatic rings. The minimum Gasteiger partial charge on any atom is -0.489 e. The molecule has 1 atom stereocenters. The number of para-hydroxylation sites is 1. The molecule has 0 aliphatic carbocycles. The Morgan fingerprint density at radius 3 is 2.69 bits per heavy atom. The third-order valence-electron chi connectivity index (χ3n) is 5.49. The quantitative estimate of drug-likeness (QED) is 0.621. The van der Waals surface area contributed by atoms with Crippen LogP contribution in [0.5, 0.6) is 5.75 Å². The molecule has 1 N–H and O–H groups in total. The van der Waals surface area contributed by atoms with Gasteiger partial charge in [-0.05, 0) is 43.0 Å². The van der Waals surface area contributed by atoms with Gasteiger partial charge in [0.2, 0.25) is 15.9 Å². The van der Waals surface area contributed by atoms with E-state index in [-0.39, 0.29) is 30.7 Å². The minimum atomic E-state index is -3.31. The standard InChI is InChI=1S/C24H29N3O4S/c1-2-16-32(29,30)27-15-5-7-20(17-27)24(28)26-23-8-4-3-6-21(23)18-31-22-11-9-19(10-12-22)13-14-25/h3-4,6,8-12,20H,2,5,7,13,15-18H2,1H3,(H,26,28). The summed E-state index contributed by atoms with van der Waals surface area (Å²) in [5.74, 6) is 0.238. The summed E-state index contributed by atoms with van der Waals surface area (Å²) in [5, 5.41) is 11.7. The molecule has 8 heteroatoms. The fourth-order valence-electron chi connectivity index (χ4n) is 3.75. The van der Waals surface area contributed by atoms with Crippen molar-refractivity contribution in [1.82, 2.24) is 4.31 Å². The number of carbonyl (C=O) groups is 1. The van der Waals surface area contributed by atoms with Gasteiger partial charge in [-0.2, -0.15) is 5.26 Å². The molecule has 2 aromatic carbocycles. The molecule has 0 aromatic heterocycles. The molecule has 1 fully saturated rings. The van der Waals surface area contributed by atoms with Crippen LogP contribution in [0.15, 0.2) is 48.5 Å². The number of carbonyl (C=O) groups excluding carboxylic acids is 1. The molecule has 0 saturated carbocycles. The van der Waals surface area contributed by atoms with Gasteiger partial charge in [0.15, 0.2) is 0 Å². The van der Waals surface area contributed by atoms with Crippen LogP contribution < -0.4 is 10.1 Å². The number of hydrogen-bond acceptors (Lipinski definition) is 5. The van der Waals surface area contributed by atoms with Gasteiger partial charge in [0.25, 0.3) is 0 Å². The highest BCUT2D eigenvalue weighted by Crippen LogP contribution is 2.24. The van der Waals surface area contributed by atoms with E-state index in [0.29, 0.717) is 43.7 Å². The van der Waals surface area contributed by atoms with Crippen molar-refractivity contribution < 1.29 is 17.9 Å². The molecule has 1 saturated heterocycles. The zero-order chi connectivity index (χ0) is 23.0. The van der Waals surface area contributed by atoms with Crippen molar-refractivity contribution in [3.05, 3.63) is 59.7 Å². The van der Waals surface area contributed by atoms with Gasteiger partial charge in [-0.1, -0.05) is 37.3 Å². The van der Waals surface area contributed by atoms with E-state index in [0.717, 1.165) is 11.1 Å². The molecule has 1 unspecified atom stereocenters. The smallest absolute Gasteiger partial charge is 0.228 e. The van der Waals surface area contributed by atoms with Crippen LogP contribution in [0.25, 0.3) is 0 Å². The van der Waals surface area contributed by atoms with Crippen LogP contribution in [-0.2, 0) is 27.8 Å². The average molecular weight is 456 g/mol. The van der Waals surface area contributed by atoms with Crippen LogP contribution in [0.2, 0.25) is 0 Å². The number of nitriles is 1. The van der Waals surface area contributed by atoms with Gasteiger partial charge in [-0.3, -0.25) is 4.79 Å². The summed E-state index contributed by atoms with van der Waals surface area (Å²) in [6.45, 7) is 2.81. The molecule has 2 aromatic rings. The van der Waals surface area contributed by atoms with Crippen molar-refractivity contribution >= 4 is 21.6 Å². The second-order valence-electron chi connectivity index (χ2n) is 7.93. The Kier molecular flexibility index (Phi) is 8.26. The first-order valence-electron chi connectivity index (χ1n) is 10.9. The first kappa shape index (κ1) is 23.8. The van der Waals surface area contributed by atoms with Crippen LogP contribution in [0.4, 0.5) is 5.69 Å². The number of piperidine rings is 1. The zero-order valence-electron chi connectivity index (χ0n) is 18.3. The summed E-state index contributed by atoms with van der Waals surface area (Å²) in [7, 11) is -3.31. The molecule has 1 amide bonds. The number of benzene rings is 2. The number of anilines is 1. The normalized spacial score (nSPS) is 16.8. The Hall–Kier alpha value is -2.89. The third kappa shape index (κ3) is 6.31. The van der Waals surface area contributed by atoms with Crippen molar-refractivity contribution in [3.63, 3.8) is 0 Å². The van der Waals surface area contributed by atoms with Crippen molar-refractivity contribution in [3.8, 4) is 11.8 Å². The SMILES string of the molecule is CCCS(=O)(=O)N1CCCC(C(=O)Nc2ccccc2COc2ccc(CC#N)cc2)C1. The summed E-state index contributed by atoms with van der Waals surface area (Å²) in [6, 6.07) is 16.9. The van der Waals surface area contributed by atoms with Crippen LogP contribution in [-0.4, -0.2) is 37.5 Å². The fourth-order valence-corrected chi connectivity index (χ4v) is 5.34. The van der Waals surface area contributed by atoms with E-state index in [4.69, 9.17) is 10.00 Å². The number of amides is 1. The van der Waals surface area contributed by atoms with E-state index in [1.54, 1.807) is 0 Å². The van der Waals surface area contributed by atoms with E-state index in [1.165, 1.54) is 4.31 Å². The number of nitrogens with zero attached hydrogens (tertiary/aromatic N) is 2.